The molecule has 13 heavy (non-hydrogen) atoms. The predicted octanol–water partition coefficient (Wildman–Crippen LogP) is 1.08. The molecular formula is C11H20N2. The van der Waals surface area contributed by atoms with Crippen LogP contribution < -0.4 is 5.32 Å². The van der Waals surface area contributed by atoms with Crippen LogP contribution in [0.3, 0.4) is 0 Å². The molecule has 1 fully saturated rings. The molecule has 0 bridgehead atoms. The zero-order chi connectivity index (χ0) is 9.52. The maximum Gasteiger partial charge on any atom is 0.0576 e. The molecular weight excluding hydrogens is 160 g/mol. The van der Waals surface area contributed by atoms with Gasteiger partial charge in [0.1, 0.15) is 0 Å². The summed E-state index contributed by atoms with van der Waals surface area (Å²) in [5.74, 6) is 5.90. The lowest BCUT2D eigenvalue weighted by molar-refractivity contribution is 0.254. The third kappa shape index (κ3) is 3.80. The van der Waals surface area contributed by atoms with Crippen LogP contribution in [0.5, 0.6) is 0 Å². The SMILES string of the molecule is CC#CCNCC(C)N1CCCC1. The Morgan fingerprint density at radius 2 is 2.08 bits per heavy atom. The Morgan fingerprint density at radius 1 is 1.38 bits per heavy atom. The molecule has 2 nitrogen and oxygen atoms in total. The van der Waals surface area contributed by atoms with E-state index >= 15 is 0 Å². The number of nitrogens with zero attached hydrogens (tertiary/aromatic N) is 1. The number of nitrogens with one attached hydrogen (secondary N) is 1. The van der Waals surface area contributed by atoms with Gasteiger partial charge in [0.15, 0.2) is 0 Å². The first kappa shape index (κ1) is 10.6. The van der Waals surface area contributed by atoms with Crippen LogP contribution in [0.2, 0.25) is 0 Å². The molecule has 1 aliphatic heterocycles. The highest BCUT2D eigenvalue weighted by Gasteiger charge is 2.16. The highest BCUT2D eigenvalue weighted by molar-refractivity contribution is 4.97. The van der Waals surface area contributed by atoms with Crippen LogP contribution in [0.4, 0.5) is 0 Å². The first-order valence-electron chi connectivity index (χ1n) is 5.19. The number of hydrogen-bond acceptors (Lipinski definition) is 2. The average molecular weight is 180 g/mol. The molecule has 0 amide bonds. The Balaban J connectivity index is 2.08. The molecule has 1 rings (SSSR count). The Hall–Kier alpha value is -0.520. The third-order valence-electron chi connectivity index (χ3n) is 2.59. The van der Waals surface area contributed by atoms with E-state index in [2.05, 4.69) is 29.0 Å². The van der Waals surface area contributed by atoms with Crippen LogP contribution in [-0.2, 0) is 0 Å². The second kappa shape index (κ2) is 6.01. The van der Waals surface area contributed by atoms with Crippen molar-refractivity contribution in [2.75, 3.05) is 26.2 Å². The second-order valence-corrected chi connectivity index (χ2v) is 3.65. The molecule has 2 heteroatoms. The topological polar surface area (TPSA) is 15.3 Å². The van der Waals surface area contributed by atoms with Crippen LogP contribution in [0.1, 0.15) is 26.7 Å². The molecule has 0 saturated carbocycles. The van der Waals surface area contributed by atoms with Gasteiger partial charge in [-0.25, -0.2) is 0 Å². The molecule has 1 atom stereocenters. The van der Waals surface area contributed by atoms with Crippen molar-refractivity contribution in [2.45, 2.75) is 32.7 Å². The van der Waals surface area contributed by atoms with E-state index in [4.69, 9.17) is 0 Å². The minimum Gasteiger partial charge on any atom is -0.305 e. The van der Waals surface area contributed by atoms with Gasteiger partial charge in [-0.2, -0.15) is 0 Å². The van der Waals surface area contributed by atoms with Gasteiger partial charge in [0, 0.05) is 12.6 Å². The van der Waals surface area contributed by atoms with Crippen molar-refractivity contribution in [3.8, 4) is 11.8 Å². The van der Waals surface area contributed by atoms with Crippen molar-refractivity contribution >= 4 is 0 Å². The van der Waals surface area contributed by atoms with Crippen LogP contribution in [0.25, 0.3) is 0 Å². The van der Waals surface area contributed by atoms with Crippen molar-refractivity contribution in [3.63, 3.8) is 0 Å². The first-order chi connectivity index (χ1) is 6.34. The summed E-state index contributed by atoms with van der Waals surface area (Å²) in [6.45, 7) is 8.62. The van der Waals surface area contributed by atoms with Gasteiger partial charge in [0.2, 0.25) is 0 Å². The van der Waals surface area contributed by atoms with Crippen LogP contribution in [0, 0.1) is 11.8 Å². The second-order valence-electron chi connectivity index (χ2n) is 3.65. The largest absolute Gasteiger partial charge is 0.305 e. The monoisotopic (exact) mass is 180 g/mol. The normalized spacial score (nSPS) is 19.5. The van der Waals surface area contributed by atoms with Gasteiger partial charge in [0.25, 0.3) is 0 Å². The minimum absolute atomic E-state index is 0.668. The van der Waals surface area contributed by atoms with E-state index in [9.17, 15) is 0 Å². The van der Waals surface area contributed by atoms with Gasteiger partial charge in [-0.05, 0) is 39.8 Å². The zero-order valence-corrected chi connectivity index (χ0v) is 8.77. The molecule has 0 radical (unpaired) electrons. The molecule has 1 aliphatic rings. The third-order valence-corrected chi connectivity index (χ3v) is 2.59. The lowest BCUT2D eigenvalue weighted by Crippen LogP contribution is -2.38. The summed E-state index contributed by atoms with van der Waals surface area (Å²) in [4.78, 5) is 2.55. The van der Waals surface area contributed by atoms with Crippen LogP contribution in [-0.4, -0.2) is 37.1 Å². The minimum atomic E-state index is 0.668. The summed E-state index contributed by atoms with van der Waals surface area (Å²) in [5.41, 5.74) is 0. The molecule has 0 spiro atoms. The fourth-order valence-electron chi connectivity index (χ4n) is 1.74. The summed E-state index contributed by atoms with van der Waals surface area (Å²) >= 11 is 0. The number of likely N-dealkylation sites (tertiary alicyclic amines) is 1. The van der Waals surface area contributed by atoms with E-state index in [-0.39, 0.29) is 0 Å². The molecule has 0 aromatic carbocycles. The van der Waals surface area contributed by atoms with Crippen molar-refractivity contribution in [3.05, 3.63) is 0 Å². The smallest absolute Gasteiger partial charge is 0.0576 e. The Kier molecular flexibility index (Phi) is 4.88. The maximum absolute atomic E-state index is 3.35. The molecule has 0 aromatic rings. The maximum atomic E-state index is 3.35. The lowest BCUT2D eigenvalue weighted by Gasteiger charge is -2.23. The van der Waals surface area contributed by atoms with Gasteiger partial charge >= 0.3 is 0 Å². The van der Waals surface area contributed by atoms with Crippen molar-refractivity contribution in [1.82, 2.24) is 10.2 Å². The van der Waals surface area contributed by atoms with Gasteiger partial charge in [-0.3, -0.25) is 4.90 Å². The van der Waals surface area contributed by atoms with Crippen LogP contribution >= 0.6 is 0 Å². The van der Waals surface area contributed by atoms with E-state index in [0.717, 1.165) is 13.1 Å². The van der Waals surface area contributed by atoms with Gasteiger partial charge in [-0.15, -0.1) is 5.92 Å². The van der Waals surface area contributed by atoms with E-state index in [0.29, 0.717) is 6.04 Å². The fourth-order valence-corrected chi connectivity index (χ4v) is 1.74. The molecule has 1 heterocycles. The summed E-state index contributed by atoms with van der Waals surface area (Å²) in [6.07, 6.45) is 2.75. The van der Waals surface area contributed by atoms with Gasteiger partial charge in [0.05, 0.1) is 6.54 Å². The van der Waals surface area contributed by atoms with Gasteiger partial charge in [-0.1, -0.05) is 5.92 Å². The van der Waals surface area contributed by atoms with Crippen molar-refractivity contribution in [1.29, 1.82) is 0 Å². The molecule has 1 saturated heterocycles. The average Bonchev–Trinajstić information content (AvgIpc) is 2.65. The van der Waals surface area contributed by atoms with E-state index in [1.54, 1.807) is 0 Å². The fraction of sp³-hybridized carbons (Fsp3) is 0.818. The molecule has 1 unspecified atom stereocenters. The standard InChI is InChI=1S/C11H20N2/c1-3-4-7-12-10-11(2)13-8-5-6-9-13/h11-12H,5-10H2,1-2H3. The Bertz CT molecular complexity index is 184. The lowest BCUT2D eigenvalue weighted by atomic mass is 10.3. The highest BCUT2D eigenvalue weighted by Crippen LogP contribution is 2.10. The first-order valence-corrected chi connectivity index (χ1v) is 5.19. The summed E-state index contributed by atoms with van der Waals surface area (Å²) in [5, 5.41) is 3.35. The van der Waals surface area contributed by atoms with Gasteiger partial charge < -0.3 is 5.32 Å². The Labute approximate surface area is 81.7 Å². The summed E-state index contributed by atoms with van der Waals surface area (Å²) in [7, 11) is 0. The zero-order valence-electron chi connectivity index (χ0n) is 8.77. The predicted molar refractivity (Wildman–Crippen MR) is 56.6 cm³/mol. The van der Waals surface area contributed by atoms with Crippen LogP contribution in [0.15, 0.2) is 0 Å². The summed E-state index contributed by atoms with van der Waals surface area (Å²) < 4.78 is 0. The molecule has 1 N–H and O–H groups in total. The highest BCUT2D eigenvalue weighted by atomic mass is 15.2. The number of rotatable bonds is 4. The molecule has 74 valence electrons. The number of hydrogen-bond donors (Lipinski definition) is 1. The molecule has 0 aliphatic carbocycles. The van der Waals surface area contributed by atoms with E-state index in [1.165, 1.54) is 25.9 Å². The van der Waals surface area contributed by atoms with E-state index < -0.39 is 0 Å². The quantitative estimate of drug-likeness (QED) is 0.514. The molecule has 0 aromatic heterocycles. The van der Waals surface area contributed by atoms with Crippen molar-refractivity contribution < 1.29 is 0 Å². The Morgan fingerprint density at radius 3 is 2.69 bits per heavy atom. The summed E-state index contributed by atoms with van der Waals surface area (Å²) in [6, 6.07) is 0.668. The van der Waals surface area contributed by atoms with Crippen molar-refractivity contribution in [2.24, 2.45) is 0 Å². The van der Waals surface area contributed by atoms with E-state index in [1.807, 2.05) is 6.92 Å².